The summed E-state index contributed by atoms with van der Waals surface area (Å²) >= 11 is 0. The van der Waals surface area contributed by atoms with E-state index >= 15 is 0 Å². The molecule has 2 rings (SSSR count). The van der Waals surface area contributed by atoms with Crippen molar-refractivity contribution in [3.63, 3.8) is 0 Å². The lowest BCUT2D eigenvalue weighted by Crippen LogP contribution is -2.02. The summed E-state index contributed by atoms with van der Waals surface area (Å²) in [5, 5.41) is 19.9. The fraction of sp³-hybridized carbons (Fsp3) is 0.0667. The minimum absolute atomic E-state index is 0.113. The summed E-state index contributed by atoms with van der Waals surface area (Å²) in [6.07, 6.45) is 0. The summed E-state index contributed by atoms with van der Waals surface area (Å²) in [7, 11) is 1.21. The molecule has 0 heterocycles. The van der Waals surface area contributed by atoms with E-state index in [0.717, 1.165) is 0 Å². The molecule has 0 aromatic heterocycles. The number of hydrogen-bond acceptors (Lipinski definition) is 5. The summed E-state index contributed by atoms with van der Waals surface area (Å²) in [5.41, 5.74) is 1.35. The molecule has 0 atom stereocenters. The van der Waals surface area contributed by atoms with Crippen molar-refractivity contribution >= 4 is 11.7 Å². The van der Waals surface area contributed by atoms with Crippen LogP contribution in [-0.4, -0.2) is 18.0 Å². The van der Waals surface area contributed by atoms with Crippen LogP contribution in [0.2, 0.25) is 0 Å². The number of nitriles is 1. The lowest BCUT2D eigenvalue weighted by Gasteiger charge is -2.05. The Morgan fingerprint density at radius 2 is 1.90 bits per heavy atom. The first kappa shape index (κ1) is 14.2. The number of carbonyl (C=O) groups is 1. The highest BCUT2D eigenvalue weighted by molar-refractivity contribution is 5.92. The van der Waals surface area contributed by atoms with Crippen molar-refractivity contribution < 1.29 is 14.5 Å². The molecule has 0 radical (unpaired) electrons. The number of benzene rings is 2. The molecule has 0 aliphatic rings. The second kappa shape index (κ2) is 5.84. The van der Waals surface area contributed by atoms with E-state index in [9.17, 15) is 14.9 Å². The minimum atomic E-state index is -0.635. The molecule has 0 aliphatic carbocycles. The molecule has 0 saturated heterocycles. The normalized spacial score (nSPS) is 9.71. The highest BCUT2D eigenvalue weighted by Gasteiger charge is 2.19. The van der Waals surface area contributed by atoms with E-state index in [4.69, 9.17) is 5.26 Å². The predicted octanol–water partition coefficient (Wildman–Crippen LogP) is 2.92. The van der Waals surface area contributed by atoms with Gasteiger partial charge in [-0.3, -0.25) is 10.1 Å². The topological polar surface area (TPSA) is 93.2 Å². The van der Waals surface area contributed by atoms with E-state index in [0.29, 0.717) is 16.7 Å². The fourth-order valence-corrected chi connectivity index (χ4v) is 1.90. The minimum Gasteiger partial charge on any atom is -0.465 e. The Balaban J connectivity index is 2.55. The molecule has 6 heteroatoms. The zero-order valence-electron chi connectivity index (χ0n) is 11.1. The van der Waals surface area contributed by atoms with Crippen LogP contribution < -0.4 is 0 Å². The van der Waals surface area contributed by atoms with Crippen LogP contribution in [0.1, 0.15) is 15.9 Å². The zero-order chi connectivity index (χ0) is 15.4. The maximum Gasteiger partial charge on any atom is 0.338 e. The van der Waals surface area contributed by atoms with Crippen LogP contribution in [0, 0.1) is 21.4 Å². The molecule has 0 N–H and O–H groups in total. The molecular weight excluding hydrogens is 272 g/mol. The predicted molar refractivity (Wildman–Crippen MR) is 74.6 cm³/mol. The third-order valence-corrected chi connectivity index (χ3v) is 2.94. The van der Waals surface area contributed by atoms with Crippen molar-refractivity contribution in [2.75, 3.05) is 7.11 Å². The number of hydrogen-bond donors (Lipinski definition) is 0. The number of esters is 1. The Morgan fingerprint density at radius 3 is 2.43 bits per heavy atom. The lowest BCUT2D eigenvalue weighted by molar-refractivity contribution is -0.384. The van der Waals surface area contributed by atoms with Crippen LogP contribution in [0.5, 0.6) is 0 Å². The number of carbonyl (C=O) groups excluding carboxylic acids is 1. The Labute approximate surface area is 120 Å². The number of rotatable bonds is 3. The van der Waals surface area contributed by atoms with E-state index in [1.54, 1.807) is 24.3 Å². The Morgan fingerprint density at radius 1 is 1.24 bits per heavy atom. The number of nitro benzene ring substituents is 1. The molecule has 0 saturated carbocycles. The van der Waals surface area contributed by atoms with Crippen molar-refractivity contribution in [3.05, 3.63) is 63.7 Å². The molecule has 6 nitrogen and oxygen atoms in total. The summed E-state index contributed by atoms with van der Waals surface area (Å²) in [5.74, 6) is -0.635. The highest BCUT2D eigenvalue weighted by Crippen LogP contribution is 2.31. The largest absolute Gasteiger partial charge is 0.465 e. The van der Waals surface area contributed by atoms with Gasteiger partial charge in [0.05, 0.1) is 34.8 Å². The quantitative estimate of drug-likeness (QED) is 0.490. The van der Waals surface area contributed by atoms with Gasteiger partial charge < -0.3 is 4.74 Å². The van der Waals surface area contributed by atoms with Crippen molar-refractivity contribution in [2.45, 2.75) is 0 Å². The number of nitro groups is 1. The molecule has 0 aliphatic heterocycles. The lowest BCUT2D eigenvalue weighted by atomic mass is 10.0. The highest BCUT2D eigenvalue weighted by atomic mass is 16.6. The Bertz CT molecular complexity index is 745. The third kappa shape index (κ3) is 2.87. The standard InChI is InChI=1S/C15H10N2O4/c1-21-15(18)12-6-7-13(14(8-12)17(19)20)11-4-2-10(9-16)3-5-11/h2-8H,1H3. The van der Waals surface area contributed by atoms with E-state index in [1.807, 2.05) is 6.07 Å². The average Bonchev–Trinajstić information content (AvgIpc) is 2.53. The van der Waals surface area contributed by atoms with Gasteiger partial charge in [0.25, 0.3) is 5.69 Å². The van der Waals surface area contributed by atoms with E-state index in [2.05, 4.69) is 4.74 Å². The maximum atomic E-state index is 11.4. The molecule has 0 bridgehead atoms. The second-order valence-corrected chi connectivity index (χ2v) is 4.17. The monoisotopic (exact) mass is 282 g/mol. The number of methoxy groups -OCH3 is 1. The SMILES string of the molecule is COC(=O)c1ccc(-c2ccc(C#N)cc2)c([N+](=O)[O-])c1. The van der Waals surface area contributed by atoms with Crippen LogP contribution in [0.3, 0.4) is 0 Å². The van der Waals surface area contributed by atoms with Crippen LogP contribution >= 0.6 is 0 Å². The van der Waals surface area contributed by atoms with Gasteiger partial charge in [-0.2, -0.15) is 5.26 Å². The van der Waals surface area contributed by atoms with Gasteiger partial charge in [0.2, 0.25) is 0 Å². The first-order valence-electron chi connectivity index (χ1n) is 5.94. The van der Waals surface area contributed by atoms with Gasteiger partial charge in [0, 0.05) is 6.07 Å². The molecule has 0 amide bonds. The van der Waals surface area contributed by atoms with Gasteiger partial charge in [-0.05, 0) is 29.8 Å². The van der Waals surface area contributed by atoms with Gasteiger partial charge in [-0.15, -0.1) is 0 Å². The van der Waals surface area contributed by atoms with Crippen LogP contribution in [-0.2, 0) is 4.74 Å². The van der Waals surface area contributed by atoms with Gasteiger partial charge in [-0.1, -0.05) is 12.1 Å². The second-order valence-electron chi connectivity index (χ2n) is 4.17. The van der Waals surface area contributed by atoms with Crippen LogP contribution in [0.25, 0.3) is 11.1 Å². The zero-order valence-corrected chi connectivity index (χ0v) is 11.1. The van der Waals surface area contributed by atoms with E-state index < -0.39 is 10.9 Å². The molecule has 2 aromatic rings. The molecule has 104 valence electrons. The summed E-state index contributed by atoms with van der Waals surface area (Å²) in [6, 6.07) is 12.5. The van der Waals surface area contributed by atoms with Gasteiger partial charge >= 0.3 is 5.97 Å². The first-order valence-corrected chi connectivity index (χ1v) is 5.94. The van der Waals surface area contributed by atoms with Crippen molar-refractivity contribution in [3.8, 4) is 17.2 Å². The van der Waals surface area contributed by atoms with Crippen LogP contribution in [0.4, 0.5) is 5.69 Å². The smallest absolute Gasteiger partial charge is 0.338 e. The fourth-order valence-electron chi connectivity index (χ4n) is 1.90. The van der Waals surface area contributed by atoms with Gasteiger partial charge in [0.15, 0.2) is 0 Å². The van der Waals surface area contributed by atoms with Crippen molar-refractivity contribution in [1.82, 2.24) is 0 Å². The first-order chi connectivity index (χ1) is 10.1. The van der Waals surface area contributed by atoms with E-state index in [-0.39, 0.29) is 11.3 Å². The number of nitrogens with zero attached hydrogens (tertiary/aromatic N) is 2. The van der Waals surface area contributed by atoms with Gasteiger partial charge in [-0.25, -0.2) is 4.79 Å². The Kier molecular flexibility index (Phi) is 3.95. The maximum absolute atomic E-state index is 11.4. The molecule has 0 fully saturated rings. The summed E-state index contributed by atoms with van der Waals surface area (Å²) in [6.45, 7) is 0. The molecule has 0 spiro atoms. The van der Waals surface area contributed by atoms with Crippen molar-refractivity contribution in [2.24, 2.45) is 0 Å². The summed E-state index contributed by atoms with van der Waals surface area (Å²) < 4.78 is 4.55. The molecular formula is C15H10N2O4. The van der Waals surface area contributed by atoms with Crippen molar-refractivity contribution in [1.29, 1.82) is 5.26 Å². The van der Waals surface area contributed by atoms with Gasteiger partial charge in [0.1, 0.15) is 0 Å². The molecule has 21 heavy (non-hydrogen) atoms. The van der Waals surface area contributed by atoms with E-state index in [1.165, 1.54) is 25.3 Å². The van der Waals surface area contributed by atoms with Crippen LogP contribution in [0.15, 0.2) is 42.5 Å². The summed E-state index contributed by atoms with van der Waals surface area (Å²) in [4.78, 5) is 22.1. The molecule has 2 aromatic carbocycles. The Hall–Kier alpha value is -3.20. The third-order valence-electron chi connectivity index (χ3n) is 2.94. The average molecular weight is 282 g/mol. The number of ether oxygens (including phenoxy) is 1. The molecule has 0 unspecified atom stereocenters.